The Morgan fingerprint density at radius 3 is 2.48 bits per heavy atom. The molecule has 0 spiro atoms. The number of carbonyl (C=O) groups excluding carboxylic acids is 1. The summed E-state index contributed by atoms with van der Waals surface area (Å²) in [5.74, 6) is 0.620. The fraction of sp³-hybridized carbons (Fsp3) is 0.111. The lowest BCUT2D eigenvalue weighted by molar-refractivity contribution is -0.113. The molecule has 4 nitrogen and oxygen atoms in total. The smallest absolute Gasteiger partial charge is 0.281 e. The molecule has 1 heterocycles. The topological polar surface area (TPSA) is 41.6 Å². The lowest BCUT2D eigenvalue weighted by Gasteiger charge is -2.16. The highest BCUT2D eigenvalue weighted by Gasteiger charge is 2.32. The molecule has 1 saturated heterocycles. The van der Waals surface area contributed by atoms with Gasteiger partial charge in [-0.15, -0.1) is 0 Å². The SMILES string of the molecule is COc1ccc(C=C2NC(=S)N(c3ccccc3C)C2=O)cc1. The molecule has 5 heteroatoms. The summed E-state index contributed by atoms with van der Waals surface area (Å²) in [6, 6.07) is 15.1. The van der Waals surface area contributed by atoms with Gasteiger partial charge in [-0.25, -0.2) is 0 Å². The van der Waals surface area contributed by atoms with E-state index in [0.29, 0.717) is 10.8 Å². The van der Waals surface area contributed by atoms with Crippen LogP contribution < -0.4 is 15.0 Å². The van der Waals surface area contributed by atoms with Crippen LogP contribution in [-0.2, 0) is 4.79 Å². The fourth-order valence-corrected chi connectivity index (χ4v) is 2.73. The van der Waals surface area contributed by atoms with E-state index in [-0.39, 0.29) is 5.91 Å². The maximum atomic E-state index is 12.7. The molecule has 1 aliphatic heterocycles. The van der Waals surface area contributed by atoms with Crippen molar-refractivity contribution in [1.29, 1.82) is 0 Å². The third kappa shape index (κ3) is 2.96. The molecule has 1 fully saturated rings. The monoisotopic (exact) mass is 324 g/mol. The first-order chi connectivity index (χ1) is 11.1. The highest BCUT2D eigenvalue weighted by Crippen LogP contribution is 2.25. The van der Waals surface area contributed by atoms with Gasteiger partial charge in [0.1, 0.15) is 11.4 Å². The molecule has 3 rings (SSSR count). The summed E-state index contributed by atoms with van der Waals surface area (Å²) in [4.78, 5) is 14.2. The minimum absolute atomic E-state index is 0.153. The molecular weight excluding hydrogens is 308 g/mol. The summed E-state index contributed by atoms with van der Waals surface area (Å²) >= 11 is 5.33. The van der Waals surface area contributed by atoms with Gasteiger partial charge in [-0.2, -0.15) is 0 Å². The molecule has 1 aliphatic rings. The van der Waals surface area contributed by atoms with Crippen molar-refractivity contribution in [3.8, 4) is 5.75 Å². The number of para-hydroxylation sites is 1. The largest absolute Gasteiger partial charge is 0.497 e. The van der Waals surface area contributed by atoms with Gasteiger partial charge >= 0.3 is 0 Å². The highest BCUT2D eigenvalue weighted by molar-refractivity contribution is 7.80. The predicted molar refractivity (Wildman–Crippen MR) is 95.4 cm³/mol. The van der Waals surface area contributed by atoms with Crippen LogP contribution in [0.3, 0.4) is 0 Å². The number of hydrogen-bond acceptors (Lipinski definition) is 3. The number of nitrogens with zero attached hydrogens (tertiary/aromatic N) is 1. The third-order valence-electron chi connectivity index (χ3n) is 3.66. The Labute approximate surface area is 140 Å². The van der Waals surface area contributed by atoms with Crippen LogP contribution in [0, 0.1) is 6.92 Å². The summed E-state index contributed by atoms with van der Waals surface area (Å²) < 4.78 is 5.13. The average Bonchev–Trinajstić information content (AvgIpc) is 2.83. The number of aryl methyl sites for hydroxylation is 1. The van der Waals surface area contributed by atoms with Gasteiger partial charge in [0, 0.05) is 0 Å². The second kappa shape index (κ2) is 6.22. The van der Waals surface area contributed by atoms with E-state index in [1.165, 1.54) is 4.90 Å². The van der Waals surface area contributed by atoms with Crippen molar-refractivity contribution in [1.82, 2.24) is 5.32 Å². The highest BCUT2D eigenvalue weighted by atomic mass is 32.1. The van der Waals surface area contributed by atoms with Crippen LogP contribution in [0.2, 0.25) is 0 Å². The number of hydrogen-bond donors (Lipinski definition) is 1. The molecule has 0 bridgehead atoms. The second-order valence-electron chi connectivity index (χ2n) is 5.19. The Hall–Kier alpha value is -2.66. The Morgan fingerprint density at radius 2 is 1.83 bits per heavy atom. The zero-order chi connectivity index (χ0) is 16.4. The molecule has 2 aromatic rings. The van der Waals surface area contributed by atoms with Crippen molar-refractivity contribution >= 4 is 35.0 Å². The molecule has 0 saturated carbocycles. The molecule has 0 atom stereocenters. The minimum Gasteiger partial charge on any atom is -0.497 e. The number of methoxy groups -OCH3 is 1. The van der Waals surface area contributed by atoms with Crippen LogP contribution >= 0.6 is 12.2 Å². The molecular formula is C18H16N2O2S. The van der Waals surface area contributed by atoms with Crippen molar-refractivity contribution < 1.29 is 9.53 Å². The Kier molecular flexibility index (Phi) is 4.12. The molecule has 0 radical (unpaired) electrons. The Bertz CT molecular complexity index is 797. The number of nitrogens with one attached hydrogen (secondary N) is 1. The van der Waals surface area contributed by atoms with Gasteiger partial charge in [-0.1, -0.05) is 30.3 Å². The maximum absolute atomic E-state index is 12.7. The number of thiocarbonyl (C=S) groups is 1. The standard InChI is InChI=1S/C18H16N2O2S/c1-12-5-3-4-6-16(12)20-17(21)15(19-18(20)23)11-13-7-9-14(22-2)10-8-13/h3-11H,1-2H3,(H,19,23). The van der Waals surface area contributed by atoms with E-state index >= 15 is 0 Å². The molecule has 23 heavy (non-hydrogen) atoms. The molecule has 0 aromatic heterocycles. The van der Waals surface area contributed by atoms with Gasteiger partial charge in [0.15, 0.2) is 5.11 Å². The van der Waals surface area contributed by atoms with Crippen LogP contribution in [0.4, 0.5) is 5.69 Å². The molecule has 116 valence electrons. The van der Waals surface area contributed by atoms with E-state index in [2.05, 4.69) is 5.32 Å². The fourth-order valence-electron chi connectivity index (χ4n) is 2.43. The van der Waals surface area contributed by atoms with Crippen molar-refractivity contribution in [2.75, 3.05) is 12.0 Å². The number of rotatable bonds is 3. The second-order valence-corrected chi connectivity index (χ2v) is 5.58. The quantitative estimate of drug-likeness (QED) is 0.695. The zero-order valence-electron chi connectivity index (χ0n) is 12.9. The minimum atomic E-state index is -0.153. The first kappa shape index (κ1) is 15.2. The molecule has 1 amide bonds. The number of amides is 1. The molecule has 2 aromatic carbocycles. The zero-order valence-corrected chi connectivity index (χ0v) is 13.7. The maximum Gasteiger partial charge on any atom is 0.281 e. The van der Waals surface area contributed by atoms with E-state index in [4.69, 9.17) is 17.0 Å². The van der Waals surface area contributed by atoms with Crippen LogP contribution in [0.15, 0.2) is 54.2 Å². The van der Waals surface area contributed by atoms with E-state index < -0.39 is 0 Å². The summed E-state index contributed by atoms with van der Waals surface area (Å²) in [7, 11) is 1.62. The Morgan fingerprint density at radius 1 is 1.13 bits per heavy atom. The van der Waals surface area contributed by atoms with Gasteiger partial charge in [-0.3, -0.25) is 9.69 Å². The van der Waals surface area contributed by atoms with Gasteiger partial charge in [0.2, 0.25) is 0 Å². The van der Waals surface area contributed by atoms with Crippen molar-refractivity contribution in [3.05, 3.63) is 65.4 Å². The number of carbonyl (C=O) groups is 1. The van der Waals surface area contributed by atoms with Crippen molar-refractivity contribution in [2.45, 2.75) is 6.92 Å². The van der Waals surface area contributed by atoms with Gasteiger partial charge in [0.05, 0.1) is 12.8 Å². The summed E-state index contributed by atoms with van der Waals surface area (Å²) in [5, 5.41) is 3.39. The summed E-state index contributed by atoms with van der Waals surface area (Å²) in [6.07, 6.45) is 1.78. The van der Waals surface area contributed by atoms with Crippen molar-refractivity contribution in [2.24, 2.45) is 0 Å². The number of anilines is 1. The molecule has 1 N–H and O–H groups in total. The Balaban J connectivity index is 1.91. The van der Waals surface area contributed by atoms with Crippen molar-refractivity contribution in [3.63, 3.8) is 0 Å². The predicted octanol–water partition coefficient (Wildman–Crippen LogP) is 3.27. The van der Waals surface area contributed by atoms with E-state index in [0.717, 1.165) is 22.6 Å². The first-order valence-electron chi connectivity index (χ1n) is 7.17. The number of benzene rings is 2. The number of ether oxygens (including phenoxy) is 1. The third-order valence-corrected chi connectivity index (χ3v) is 3.95. The van der Waals surface area contributed by atoms with Crippen LogP contribution in [0.5, 0.6) is 5.75 Å². The van der Waals surface area contributed by atoms with E-state index in [1.807, 2.05) is 55.5 Å². The average molecular weight is 324 g/mol. The summed E-state index contributed by atoms with van der Waals surface area (Å²) in [5.41, 5.74) is 3.16. The molecule has 0 aliphatic carbocycles. The van der Waals surface area contributed by atoms with Crippen LogP contribution in [-0.4, -0.2) is 18.1 Å². The lowest BCUT2D eigenvalue weighted by Crippen LogP contribution is -2.30. The van der Waals surface area contributed by atoms with Gasteiger partial charge in [-0.05, 0) is 54.5 Å². The van der Waals surface area contributed by atoms with E-state index in [9.17, 15) is 4.79 Å². The van der Waals surface area contributed by atoms with E-state index in [1.54, 1.807) is 13.2 Å². The van der Waals surface area contributed by atoms with Crippen LogP contribution in [0.25, 0.3) is 6.08 Å². The van der Waals surface area contributed by atoms with Crippen LogP contribution in [0.1, 0.15) is 11.1 Å². The van der Waals surface area contributed by atoms with Gasteiger partial charge in [0.25, 0.3) is 5.91 Å². The van der Waals surface area contributed by atoms with Gasteiger partial charge < -0.3 is 10.1 Å². The normalized spacial score (nSPS) is 15.9. The molecule has 0 unspecified atom stereocenters. The lowest BCUT2D eigenvalue weighted by atomic mass is 10.1. The summed E-state index contributed by atoms with van der Waals surface area (Å²) in [6.45, 7) is 1.95. The first-order valence-corrected chi connectivity index (χ1v) is 7.58.